The van der Waals surface area contributed by atoms with E-state index >= 15 is 0 Å². The van der Waals surface area contributed by atoms with E-state index in [0.29, 0.717) is 11.1 Å². The van der Waals surface area contributed by atoms with Crippen LogP contribution in [0.15, 0.2) is 51.8 Å². The van der Waals surface area contributed by atoms with E-state index in [1.807, 2.05) is 30.3 Å². The molecule has 0 spiro atoms. The van der Waals surface area contributed by atoms with Crippen LogP contribution in [0.3, 0.4) is 0 Å². The van der Waals surface area contributed by atoms with Crippen molar-refractivity contribution in [3.05, 3.63) is 64.4 Å². The molecular weight excluding hydrogens is 416 g/mol. The van der Waals surface area contributed by atoms with Gasteiger partial charge >= 0.3 is 17.6 Å². The van der Waals surface area contributed by atoms with Gasteiger partial charge in [-0.1, -0.05) is 24.1 Å². The highest BCUT2D eigenvalue weighted by Gasteiger charge is 2.39. The molecule has 1 aromatic carbocycles. The number of nitrogens with zero attached hydrogens (tertiary/aromatic N) is 2. The van der Waals surface area contributed by atoms with Gasteiger partial charge in [0.15, 0.2) is 5.76 Å². The Morgan fingerprint density at radius 2 is 1.97 bits per heavy atom. The Kier molecular flexibility index (Phi) is 6.05. The first-order valence-electron chi connectivity index (χ1n) is 9.95. The summed E-state index contributed by atoms with van der Waals surface area (Å²) in [6, 6.07) is 11.1. The highest BCUT2D eigenvalue weighted by Crippen LogP contribution is 2.31. The molecule has 3 heterocycles. The fourth-order valence-corrected chi connectivity index (χ4v) is 3.41. The van der Waals surface area contributed by atoms with Crippen molar-refractivity contribution in [2.75, 3.05) is 6.61 Å². The highest BCUT2D eigenvalue weighted by atomic mass is 16.6. The van der Waals surface area contributed by atoms with Crippen molar-refractivity contribution < 1.29 is 28.2 Å². The lowest BCUT2D eigenvalue weighted by Gasteiger charge is -2.17. The van der Waals surface area contributed by atoms with Gasteiger partial charge in [-0.3, -0.25) is 14.2 Å². The molecule has 1 aliphatic heterocycles. The SMILES string of the molecule is CC(=O)OC[C@H]1O[C@@H](n2cc3cc(C#Cc4ccccc4)oc3nc2=O)C[C@@H]1OC(C)=O. The van der Waals surface area contributed by atoms with E-state index in [4.69, 9.17) is 18.6 Å². The van der Waals surface area contributed by atoms with Crippen LogP contribution in [0, 0.1) is 11.8 Å². The molecule has 0 bridgehead atoms. The maximum absolute atomic E-state index is 12.6. The summed E-state index contributed by atoms with van der Waals surface area (Å²) in [5, 5.41) is 0.568. The topological polar surface area (TPSA) is 110 Å². The van der Waals surface area contributed by atoms with E-state index in [9.17, 15) is 14.4 Å². The molecule has 0 saturated carbocycles. The second kappa shape index (κ2) is 9.08. The van der Waals surface area contributed by atoms with Crippen molar-refractivity contribution in [1.82, 2.24) is 9.55 Å². The smallest absolute Gasteiger partial charge is 0.353 e. The third kappa shape index (κ3) is 4.87. The zero-order chi connectivity index (χ0) is 22.7. The molecule has 164 valence electrons. The van der Waals surface area contributed by atoms with Crippen molar-refractivity contribution in [2.45, 2.75) is 38.7 Å². The molecule has 9 nitrogen and oxygen atoms in total. The van der Waals surface area contributed by atoms with Gasteiger partial charge in [-0.25, -0.2) is 4.79 Å². The van der Waals surface area contributed by atoms with Crippen molar-refractivity contribution >= 4 is 23.0 Å². The molecule has 0 N–H and O–H groups in total. The first-order chi connectivity index (χ1) is 15.4. The molecular formula is C23H20N2O7. The lowest BCUT2D eigenvalue weighted by Crippen LogP contribution is -2.31. The van der Waals surface area contributed by atoms with Gasteiger partial charge in [0.25, 0.3) is 0 Å². The number of aromatic nitrogens is 2. The third-order valence-corrected chi connectivity index (χ3v) is 4.80. The fraction of sp³-hybridized carbons (Fsp3) is 0.304. The average molecular weight is 436 g/mol. The maximum Gasteiger partial charge on any atom is 0.353 e. The van der Waals surface area contributed by atoms with Gasteiger partial charge in [0.2, 0.25) is 5.71 Å². The van der Waals surface area contributed by atoms with Gasteiger partial charge in [-0.2, -0.15) is 4.98 Å². The van der Waals surface area contributed by atoms with Crippen molar-refractivity contribution in [3.8, 4) is 11.8 Å². The Morgan fingerprint density at radius 1 is 1.19 bits per heavy atom. The first kappa shape index (κ1) is 21.3. The minimum Gasteiger partial charge on any atom is -0.463 e. The molecule has 0 radical (unpaired) electrons. The summed E-state index contributed by atoms with van der Waals surface area (Å²) in [5.74, 6) is 5.29. The minimum atomic E-state index is -0.752. The number of rotatable bonds is 4. The molecule has 1 aliphatic rings. The number of furan rings is 1. The van der Waals surface area contributed by atoms with E-state index in [0.717, 1.165) is 5.56 Å². The number of hydrogen-bond acceptors (Lipinski definition) is 8. The summed E-state index contributed by atoms with van der Waals surface area (Å²) in [5.41, 5.74) is 0.402. The van der Waals surface area contributed by atoms with E-state index in [1.165, 1.54) is 18.4 Å². The fourth-order valence-electron chi connectivity index (χ4n) is 3.41. The summed E-state index contributed by atoms with van der Waals surface area (Å²) in [4.78, 5) is 39.2. The van der Waals surface area contributed by atoms with Crippen molar-refractivity contribution in [3.63, 3.8) is 0 Å². The van der Waals surface area contributed by atoms with Crippen molar-refractivity contribution in [1.29, 1.82) is 0 Å². The predicted octanol–water partition coefficient (Wildman–Crippen LogP) is 2.17. The molecule has 0 amide bonds. The molecule has 1 saturated heterocycles. The Morgan fingerprint density at radius 3 is 2.69 bits per heavy atom. The zero-order valence-corrected chi connectivity index (χ0v) is 17.4. The van der Waals surface area contributed by atoms with E-state index < -0.39 is 36.1 Å². The molecule has 2 aromatic heterocycles. The van der Waals surface area contributed by atoms with Crippen LogP contribution in [0.4, 0.5) is 0 Å². The van der Waals surface area contributed by atoms with Gasteiger partial charge < -0.3 is 18.6 Å². The third-order valence-electron chi connectivity index (χ3n) is 4.80. The molecule has 32 heavy (non-hydrogen) atoms. The maximum atomic E-state index is 12.6. The monoisotopic (exact) mass is 436 g/mol. The molecule has 3 atom stereocenters. The molecule has 0 unspecified atom stereocenters. The van der Waals surface area contributed by atoms with Crippen LogP contribution in [0.1, 0.15) is 37.8 Å². The summed E-state index contributed by atoms with van der Waals surface area (Å²) in [6.07, 6.45) is -0.357. The van der Waals surface area contributed by atoms with Gasteiger partial charge in [0, 0.05) is 38.1 Å². The van der Waals surface area contributed by atoms with Crippen LogP contribution in [0.25, 0.3) is 11.1 Å². The van der Waals surface area contributed by atoms with Gasteiger partial charge in [-0.05, 0) is 18.1 Å². The van der Waals surface area contributed by atoms with Crippen LogP contribution in [-0.2, 0) is 23.8 Å². The molecule has 0 aliphatic carbocycles. The highest BCUT2D eigenvalue weighted by molar-refractivity contribution is 5.74. The summed E-state index contributed by atoms with van der Waals surface area (Å²) in [7, 11) is 0. The van der Waals surface area contributed by atoms with Crippen LogP contribution >= 0.6 is 0 Å². The molecule has 3 aromatic rings. The quantitative estimate of drug-likeness (QED) is 0.452. The lowest BCUT2D eigenvalue weighted by atomic mass is 10.2. The summed E-state index contributed by atoms with van der Waals surface area (Å²) in [6.45, 7) is 2.45. The second-order valence-corrected chi connectivity index (χ2v) is 7.23. The molecule has 1 fully saturated rings. The number of esters is 2. The lowest BCUT2D eigenvalue weighted by molar-refractivity contribution is -0.155. The van der Waals surface area contributed by atoms with Crippen LogP contribution < -0.4 is 5.69 Å². The van der Waals surface area contributed by atoms with Crippen LogP contribution in [0.5, 0.6) is 0 Å². The Bertz CT molecular complexity index is 1270. The largest absolute Gasteiger partial charge is 0.463 e. The van der Waals surface area contributed by atoms with E-state index in [-0.39, 0.29) is 18.7 Å². The number of carbonyl (C=O) groups excluding carboxylic acids is 2. The van der Waals surface area contributed by atoms with Gasteiger partial charge in [0.05, 0.1) is 5.39 Å². The zero-order valence-electron chi connectivity index (χ0n) is 17.4. The number of ether oxygens (including phenoxy) is 3. The Labute approximate surface area is 182 Å². The summed E-state index contributed by atoms with van der Waals surface area (Å²) >= 11 is 0. The standard InChI is InChI=1S/C23H20N2O7/c1-14(26)29-13-20-19(30-15(2)27)11-21(32-20)25-12-17-10-18(31-22(17)24-23(25)28)9-8-16-6-4-3-5-7-16/h3-7,10,12,19-21H,11,13H2,1-2H3/t19-,20+,21+/m0/s1. The predicted molar refractivity (Wildman–Crippen MR) is 111 cm³/mol. The molecule has 4 rings (SSSR count). The summed E-state index contributed by atoms with van der Waals surface area (Å²) < 4.78 is 23.0. The number of benzene rings is 1. The van der Waals surface area contributed by atoms with Crippen LogP contribution in [-0.4, -0.2) is 40.3 Å². The first-order valence-corrected chi connectivity index (χ1v) is 9.95. The average Bonchev–Trinajstić information content (AvgIpc) is 3.33. The normalized spacial score (nSPS) is 19.9. The Hall–Kier alpha value is -3.90. The van der Waals surface area contributed by atoms with Gasteiger partial charge in [-0.15, -0.1) is 0 Å². The van der Waals surface area contributed by atoms with Crippen LogP contribution in [0.2, 0.25) is 0 Å². The number of carbonyl (C=O) groups is 2. The van der Waals surface area contributed by atoms with Gasteiger partial charge in [0.1, 0.15) is 25.0 Å². The Balaban J connectivity index is 1.59. The number of fused-ring (bicyclic) bond motifs is 1. The second-order valence-electron chi connectivity index (χ2n) is 7.23. The van der Waals surface area contributed by atoms with E-state index in [2.05, 4.69) is 16.8 Å². The molecule has 9 heteroatoms. The number of hydrogen-bond donors (Lipinski definition) is 0. The van der Waals surface area contributed by atoms with E-state index in [1.54, 1.807) is 12.3 Å². The minimum absolute atomic E-state index is 0.0981. The van der Waals surface area contributed by atoms with Crippen molar-refractivity contribution in [2.24, 2.45) is 0 Å².